The van der Waals surface area contributed by atoms with Crippen LogP contribution in [0.3, 0.4) is 0 Å². The second kappa shape index (κ2) is 8.75. The van der Waals surface area contributed by atoms with Gasteiger partial charge in [-0.05, 0) is 73.5 Å². The second-order valence-electron chi connectivity index (χ2n) is 7.32. The number of nitrogens with two attached hydrogens (primary N) is 2. The Kier molecular flexibility index (Phi) is 6.00. The topological polar surface area (TPSA) is 52.0 Å². The smallest absolute Gasteiger partial charge is 0.0494 e. The zero-order valence-electron chi connectivity index (χ0n) is 17.2. The maximum absolute atomic E-state index is 6.12. The summed E-state index contributed by atoms with van der Waals surface area (Å²) in [5.74, 6) is 0. The number of aryl methyl sites for hydroxylation is 2. The van der Waals surface area contributed by atoms with E-state index in [1.165, 1.54) is 59.9 Å². The number of thiophene rings is 5. The van der Waals surface area contributed by atoms with Crippen molar-refractivity contribution < 1.29 is 0 Å². The van der Waals surface area contributed by atoms with E-state index >= 15 is 0 Å². The highest BCUT2D eigenvalue weighted by Gasteiger charge is 2.18. The molecule has 0 aliphatic rings. The van der Waals surface area contributed by atoms with Gasteiger partial charge in [-0.25, -0.2) is 0 Å². The van der Waals surface area contributed by atoms with Crippen molar-refractivity contribution in [2.24, 2.45) is 11.5 Å². The van der Waals surface area contributed by atoms with Crippen LogP contribution in [0.5, 0.6) is 0 Å². The first-order valence-electron chi connectivity index (χ1n) is 9.95. The highest BCUT2D eigenvalue weighted by molar-refractivity contribution is 7.29. The molecule has 0 saturated heterocycles. The highest BCUT2D eigenvalue weighted by atomic mass is 32.1. The molecular formula is C24H22N2S5. The van der Waals surface area contributed by atoms with Crippen molar-refractivity contribution in [1.82, 2.24) is 0 Å². The molecule has 158 valence electrons. The minimum absolute atomic E-state index is 0.554. The summed E-state index contributed by atoms with van der Waals surface area (Å²) in [5.41, 5.74) is 14.7. The molecule has 7 heteroatoms. The Labute approximate surface area is 202 Å². The first-order chi connectivity index (χ1) is 15.1. The molecule has 0 unspecified atom stereocenters. The Morgan fingerprint density at radius 1 is 0.516 bits per heavy atom. The molecule has 5 aromatic rings. The predicted molar refractivity (Wildman–Crippen MR) is 143 cm³/mol. The van der Waals surface area contributed by atoms with Gasteiger partial charge < -0.3 is 11.5 Å². The lowest BCUT2D eigenvalue weighted by atomic mass is 10.2. The Morgan fingerprint density at radius 3 is 1.29 bits per heavy atom. The predicted octanol–water partition coefficient (Wildman–Crippen LogP) is 8.20. The Balaban J connectivity index is 1.52. The van der Waals surface area contributed by atoms with E-state index in [1.807, 2.05) is 56.7 Å². The average molecular weight is 499 g/mol. The Morgan fingerprint density at radius 2 is 0.935 bits per heavy atom. The molecule has 31 heavy (non-hydrogen) atoms. The van der Waals surface area contributed by atoms with Gasteiger partial charge in [-0.2, -0.15) is 0 Å². The minimum Gasteiger partial charge on any atom is -0.326 e. The fourth-order valence-electron chi connectivity index (χ4n) is 3.54. The fourth-order valence-corrected chi connectivity index (χ4v) is 9.11. The molecule has 5 heterocycles. The van der Waals surface area contributed by atoms with Crippen molar-refractivity contribution in [2.75, 3.05) is 0 Å². The molecule has 2 nitrogen and oxygen atoms in total. The van der Waals surface area contributed by atoms with Crippen LogP contribution < -0.4 is 11.5 Å². The second-order valence-corrected chi connectivity index (χ2v) is 13.1. The van der Waals surface area contributed by atoms with E-state index in [9.17, 15) is 0 Å². The van der Waals surface area contributed by atoms with E-state index in [1.54, 1.807) is 0 Å². The van der Waals surface area contributed by atoms with E-state index in [0.717, 1.165) is 0 Å². The van der Waals surface area contributed by atoms with Crippen LogP contribution in [-0.4, -0.2) is 0 Å². The van der Waals surface area contributed by atoms with Crippen molar-refractivity contribution in [3.63, 3.8) is 0 Å². The summed E-state index contributed by atoms with van der Waals surface area (Å²) in [7, 11) is 0. The molecule has 0 bridgehead atoms. The largest absolute Gasteiger partial charge is 0.326 e. The van der Waals surface area contributed by atoms with Gasteiger partial charge in [0.1, 0.15) is 0 Å². The zero-order valence-corrected chi connectivity index (χ0v) is 21.3. The summed E-state index contributed by atoms with van der Waals surface area (Å²) < 4.78 is 0. The summed E-state index contributed by atoms with van der Waals surface area (Å²) in [5, 5.41) is 0. The molecule has 0 radical (unpaired) electrons. The zero-order chi connectivity index (χ0) is 21.5. The summed E-state index contributed by atoms with van der Waals surface area (Å²) in [6.45, 7) is 5.41. The molecule has 0 saturated carbocycles. The Hall–Kier alpha value is -1.58. The van der Waals surface area contributed by atoms with Crippen molar-refractivity contribution in [1.29, 1.82) is 0 Å². The molecule has 4 N–H and O–H groups in total. The molecule has 0 spiro atoms. The lowest BCUT2D eigenvalue weighted by molar-refractivity contribution is 1.09. The van der Waals surface area contributed by atoms with Crippen LogP contribution in [0.15, 0.2) is 48.5 Å². The molecule has 0 amide bonds. The number of hydrogen-bond acceptors (Lipinski definition) is 7. The van der Waals surface area contributed by atoms with Gasteiger partial charge in [-0.15, -0.1) is 56.7 Å². The molecule has 5 rings (SSSR count). The highest BCUT2D eigenvalue weighted by Crippen LogP contribution is 2.47. The van der Waals surface area contributed by atoms with Crippen LogP contribution in [0.25, 0.3) is 39.0 Å². The van der Waals surface area contributed by atoms with Gasteiger partial charge >= 0.3 is 0 Å². The van der Waals surface area contributed by atoms with Gasteiger partial charge in [-0.3, -0.25) is 0 Å². The maximum atomic E-state index is 6.12. The molecule has 0 aromatic carbocycles. The summed E-state index contributed by atoms with van der Waals surface area (Å²) in [6, 6.07) is 17.8. The Bertz CT molecular complexity index is 1240. The maximum Gasteiger partial charge on any atom is 0.0494 e. The van der Waals surface area contributed by atoms with E-state index in [2.05, 4.69) is 62.4 Å². The van der Waals surface area contributed by atoms with E-state index in [4.69, 9.17) is 11.5 Å². The number of hydrogen-bond donors (Lipinski definition) is 2. The van der Waals surface area contributed by atoms with Gasteiger partial charge in [-0.1, -0.05) is 0 Å². The summed E-state index contributed by atoms with van der Waals surface area (Å²) in [6.07, 6.45) is 0. The molecular weight excluding hydrogens is 477 g/mol. The monoisotopic (exact) mass is 498 g/mol. The van der Waals surface area contributed by atoms with Gasteiger partial charge in [0.05, 0.1) is 0 Å². The summed E-state index contributed by atoms with van der Waals surface area (Å²) >= 11 is 9.22. The van der Waals surface area contributed by atoms with Gasteiger partial charge in [0.25, 0.3) is 0 Å². The third-order valence-corrected chi connectivity index (χ3v) is 11.3. The average Bonchev–Trinajstić information content (AvgIpc) is 3.55. The first-order valence-corrected chi connectivity index (χ1v) is 14.0. The lowest BCUT2D eigenvalue weighted by Gasteiger charge is -1.98. The quantitative estimate of drug-likeness (QED) is 0.248. The van der Waals surface area contributed by atoms with E-state index < -0.39 is 0 Å². The molecule has 0 aliphatic heterocycles. The van der Waals surface area contributed by atoms with Crippen molar-refractivity contribution in [3.8, 4) is 39.0 Å². The SMILES string of the molecule is Cc1ccc(-c2cc(CN)c(-c3ccc(-c4sc(-c5ccc(C)s5)cc4CN)s3)s2)s1. The third kappa shape index (κ3) is 4.12. The first kappa shape index (κ1) is 21.3. The van der Waals surface area contributed by atoms with E-state index in [0.29, 0.717) is 13.1 Å². The van der Waals surface area contributed by atoms with Crippen LogP contribution in [-0.2, 0) is 13.1 Å². The van der Waals surface area contributed by atoms with Crippen LogP contribution in [0.2, 0.25) is 0 Å². The van der Waals surface area contributed by atoms with Crippen molar-refractivity contribution in [2.45, 2.75) is 26.9 Å². The van der Waals surface area contributed by atoms with Crippen molar-refractivity contribution in [3.05, 3.63) is 69.4 Å². The van der Waals surface area contributed by atoms with E-state index in [-0.39, 0.29) is 0 Å². The fraction of sp³-hybridized carbons (Fsp3) is 0.167. The van der Waals surface area contributed by atoms with Crippen LogP contribution in [0, 0.1) is 13.8 Å². The van der Waals surface area contributed by atoms with Crippen LogP contribution in [0.4, 0.5) is 0 Å². The molecule has 0 atom stereocenters. The van der Waals surface area contributed by atoms with Gasteiger partial charge in [0.2, 0.25) is 0 Å². The van der Waals surface area contributed by atoms with Gasteiger partial charge in [0.15, 0.2) is 0 Å². The summed E-state index contributed by atoms with van der Waals surface area (Å²) in [4.78, 5) is 13.1. The normalized spacial score (nSPS) is 11.5. The standard InChI is InChI=1S/C24H22N2S5/c1-13-3-5-17(27-13)21-9-15(11-25)23(30-21)19-7-8-20(29-19)24-16(12-26)10-22(31-24)18-6-4-14(2)28-18/h3-10H,11-12,25-26H2,1-2H3. The number of rotatable bonds is 6. The van der Waals surface area contributed by atoms with Crippen molar-refractivity contribution >= 4 is 56.7 Å². The molecule has 5 aromatic heterocycles. The van der Waals surface area contributed by atoms with Crippen LogP contribution >= 0.6 is 56.7 Å². The van der Waals surface area contributed by atoms with Gasteiger partial charge in [0, 0.05) is 61.9 Å². The molecule has 0 aliphatic carbocycles. The minimum atomic E-state index is 0.554. The third-order valence-electron chi connectivity index (χ3n) is 5.08. The van der Waals surface area contributed by atoms with Crippen LogP contribution in [0.1, 0.15) is 20.9 Å². The lowest BCUT2D eigenvalue weighted by Crippen LogP contribution is -1.95. The molecule has 0 fully saturated rings.